The molecular weight excluding hydrogens is 241 g/mol. The van der Waals surface area contributed by atoms with E-state index in [1.807, 2.05) is 60.7 Å². The normalized spacial score (nSPS) is 25.8. The Hall–Kier alpha value is -2.13. The Labute approximate surface area is 112 Å². The molecule has 3 rings (SSSR count). The van der Waals surface area contributed by atoms with Crippen molar-refractivity contribution < 1.29 is 9.94 Å². The molecule has 19 heavy (non-hydrogen) atoms. The van der Waals surface area contributed by atoms with Gasteiger partial charge in [0, 0.05) is 12.5 Å². The average Bonchev–Trinajstić information content (AvgIpc) is 2.76. The smallest absolute Gasteiger partial charge is 0.244 e. The van der Waals surface area contributed by atoms with Gasteiger partial charge < -0.3 is 9.94 Å². The molecule has 1 aliphatic heterocycles. The highest BCUT2D eigenvalue weighted by Crippen LogP contribution is 2.38. The van der Waals surface area contributed by atoms with Crippen molar-refractivity contribution in [3.63, 3.8) is 0 Å². The van der Waals surface area contributed by atoms with Gasteiger partial charge in [0.1, 0.15) is 5.71 Å². The summed E-state index contributed by atoms with van der Waals surface area (Å²) in [5.74, 6) is -1.59. The van der Waals surface area contributed by atoms with Crippen LogP contribution in [0.3, 0.4) is 0 Å². The molecule has 0 saturated heterocycles. The Morgan fingerprint density at radius 2 is 1.58 bits per heavy atom. The van der Waals surface area contributed by atoms with Gasteiger partial charge in [0.2, 0.25) is 5.79 Å². The largest absolute Gasteiger partial charge is 0.359 e. The molecule has 2 aromatic carbocycles. The van der Waals surface area contributed by atoms with Gasteiger partial charge in [-0.2, -0.15) is 0 Å². The van der Waals surface area contributed by atoms with Gasteiger partial charge in [-0.25, -0.2) is 0 Å². The van der Waals surface area contributed by atoms with E-state index in [4.69, 9.17) is 4.84 Å². The van der Waals surface area contributed by atoms with Crippen molar-refractivity contribution in [2.45, 2.75) is 18.6 Å². The Kier molecular flexibility index (Phi) is 2.84. The topological polar surface area (TPSA) is 41.8 Å². The van der Waals surface area contributed by atoms with E-state index in [1.165, 1.54) is 0 Å². The van der Waals surface area contributed by atoms with Crippen molar-refractivity contribution in [3.8, 4) is 0 Å². The van der Waals surface area contributed by atoms with Crippen molar-refractivity contribution in [2.75, 3.05) is 0 Å². The predicted octanol–water partition coefficient (Wildman–Crippen LogP) is 2.91. The molecule has 0 bridgehead atoms. The highest BCUT2D eigenvalue weighted by Gasteiger charge is 2.44. The van der Waals surface area contributed by atoms with Crippen LogP contribution in [0.5, 0.6) is 0 Å². The van der Waals surface area contributed by atoms with Crippen LogP contribution in [-0.4, -0.2) is 16.6 Å². The van der Waals surface area contributed by atoms with Crippen LogP contribution in [0, 0.1) is 0 Å². The monoisotopic (exact) mass is 256 g/mol. The highest BCUT2D eigenvalue weighted by atomic mass is 17.0. The van der Waals surface area contributed by atoms with E-state index >= 15 is 0 Å². The molecule has 3 heteroatoms. The lowest BCUT2D eigenvalue weighted by atomic mass is 9.94. The zero-order valence-corrected chi connectivity index (χ0v) is 10.7. The fourth-order valence-corrected chi connectivity index (χ4v) is 2.44. The summed E-state index contributed by atoms with van der Waals surface area (Å²) in [4.78, 5) is 5.22. The van der Waals surface area contributed by atoms with Crippen molar-refractivity contribution in [3.05, 3.63) is 71.8 Å². The Balaban J connectivity index is 2.06. The highest BCUT2D eigenvalue weighted by molar-refractivity contribution is 6.06. The number of oxime groups is 1. The molecule has 0 aliphatic carbocycles. The van der Waals surface area contributed by atoms with E-state index in [0.29, 0.717) is 0 Å². The summed E-state index contributed by atoms with van der Waals surface area (Å²) in [6.07, 6.45) is 0. The first-order valence-corrected chi connectivity index (χ1v) is 6.27. The average molecular weight is 256 g/mol. The maximum Gasteiger partial charge on any atom is 0.244 e. The van der Waals surface area contributed by atoms with E-state index < -0.39 is 5.79 Å². The maximum absolute atomic E-state index is 10.4. The van der Waals surface area contributed by atoms with E-state index in [1.54, 1.807) is 6.92 Å². The molecule has 1 heterocycles. The Bertz CT molecular complexity index is 591. The van der Waals surface area contributed by atoms with Gasteiger partial charge in [-0.15, -0.1) is 0 Å². The summed E-state index contributed by atoms with van der Waals surface area (Å²) in [6, 6.07) is 19.6. The number of nitrogens with zero attached hydrogens (tertiary/aromatic N) is 1. The summed E-state index contributed by atoms with van der Waals surface area (Å²) in [6.45, 7) is 1.64. The first kappa shape index (κ1) is 11.9. The van der Waals surface area contributed by atoms with E-state index in [0.717, 1.165) is 16.8 Å². The van der Waals surface area contributed by atoms with E-state index in [9.17, 15) is 5.11 Å². The van der Waals surface area contributed by atoms with Gasteiger partial charge in [0.05, 0.1) is 5.92 Å². The van der Waals surface area contributed by atoms with Gasteiger partial charge in [-0.1, -0.05) is 65.8 Å². The zero-order chi connectivity index (χ0) is 13.3. The van der Waals surface area contributed by atoms with Crippen LogP contribution < -0.4 is 0 Å². The van der Waals surface area contributed by atoms with Crippen LogP contribution in [0.1, 0.15) is 24.0 Å². The Morgan fingerprint density at radius 3 is 2.21 bits per heavy atom. The van der Waals surface area contributed by atoms with Crippen LogP contribution in [0.4, 0.5) is 0 Å². The van der Waals surface area contributed by atoms with Crippen molar-refractivity contribution >= 4 is 5.71 Å². The molecule has 0 saturated carbocycles. The fraction of sp³-hybridized carbons (Fsp3) is 0.188. The second-order valence-electron chi connectivity index (χ2n) is 4.83. The molecular formula is C16H15NO2. The predicted molar refractivity (Wildman–Crippen MR) is 73.9 cm³/mol. The summed E-state index contributed by atoms with van der Waals surface area (Å²) >= 11 is 0. The van der Waals surface area contributed by atoms with Crippen molar-refractivity contribution in [2.24, 2.45) is 5.16 Å². The first-order valence-electron chi connectivity index (χ1n) is 6.27. The van der Waals surface area contributed by atoms with Gasteiger partial charge >= 0.3 is 0 Å². The van der Waals surface area contributed by atoms with Gasteiger partial charge in [0.15, 0.2) is 0 Å². The third kappa shape index (κ3) is 2.13. The van der Waals surface area contributed by atoms with Gasteiger partial charge in [-0.3, -0.25) is 0 Å². The van der Waals surface area contributed by atoms with Crippen LogP contribution in [0.2, 0.25) is 0 Å². The van der Waals surface area contributed by atoms with Crippen LogP contribution in [-0.2, 0) is 4.84 Å². The standard InChI is InChI=1S/C16H15NO2/c1-16(18)14(12-8-4-2-5-9-12)15(17-19-16)13-10-6-3-7-11-13/h2-11,14,18H,1H3/i1+1,16+1,17+1. The molecule has 1 aliphatic rings. The van der Waals surface area contributed by atoms with Crippen LogP contribution in [0.25, 0.3) is 0 Å². The molecule has 96 valence electrons. The molecule has 2 aromatic rings. The third-order valence-corrected chi connectivity index (χ3v) is 3.34. The molecule has 3 nitrogen and oxygen atoms in total. The summed E-state index contributed by atoms with van der Waals surface area (Å²) < 4.78 is 0. The van der Waals surface area contributed by atoms with Crippen molar-refractivity contribution in [1.82, 2.24) is 0 Å². The minimum absolute atomic E-state index is 0.281. The number of rotatable bonds is 2. The molecule has 1 N–H and O–H groups in total. The SMILES string of the molecule is [13CH3][13C]1(O)O[15N]=C(c2ccccc2)C1c1ccccc1. The second-order valence-corrected chi connectivity index (χ2v) is 4.83. The van der Waals surface area contributed by atoms with Crippen molar-refractivity contribution in [1.29, 1.82) is 0 Å². The first-order chi connectivity index (χ1) is 9.18. The quantitative estimate of drug-likeness (QED) is 0.663. The lowest BCUT2D eigenvalue weighted by Gasteiger charge is -2.24. The van der Waals surface area contributed by atoms with Crippen LogP contribution in [0.15, 0.2) is 65.8 Å². The fourth-order valence-electron chi connectivity index (χ4n) is 2.44. The lowest BCUT2D eigenvalue weighted by molar-refractivity contribution is -0.179. The third-order valence-electron chi connectivity index (χ3n) is 3.34. The zero-order valence-electron chi connectivity index (χ0n) is 10.7. The van der Waals surface area contributed by atoms with Gasteiger partial charge in [0.25, 0.3) is 0 Å². The summed E-state index contributed by atoms with van der Waals surface area (Å²) in [7, 11) is 0. The molecule has 2 unspecified atom stereocenters. The minimum Gasteiger partial charge on any atom is -0.359 e. The van der Waals surface area contributed by atoms with E-state index in [2.05, 4.69) is 5.16 Å². The number of hydrogen-bond acceptors (Lipinski definition) is 3. The molecule has 0 spiro atoms. The second kappa shape index (κ2) is 4.52. The molecule has 0 fully saturated rings. The molecule has 0 radical (unpaired) electrons. The maximum atomic E-state index is 10.4. The number of hydrogen-bond donors (Lipinski definition) is 1. The molecule has 0 aromatic heterocycles. The molecule has 2 atom stereocenters. The summed E-state index contributed by atoms with van der Waals surface area (Å²) in [5, 5.41) is 14.5. The lowest BCUT2D eigenvalue weighted by Crippen LogP contribution is -2.33. The van der Waals surface area contributed by atoms with Crippen LogP contribution >= 0.6 is 0 Å². The van der Waals surface area contributed by atoms with Gasteiger partial charge in [-0.05, 0) is 5.56 Å². The Morgan fingerprint density at radius 1 is 1.00 bits per heavy atom. The number of benzene rings is 2. The minimum atomic E-state index is -1.31. The summed E-state index contributed by atoms with van der Waals surface area (Å²) in [5.41, 5.74) is 2.72. The number of aliphatic hydroxyl groups is 1. The van der Waals surface area contributed by atoms with E-state index in [-0.39, 0.29) is 5.92 Å². The molecule has 0 amide bonds.